The predicted octanol–water partition coefficient (Wildman–Crippen LogP) is 2.48. The van der Waals surface area contributed by atoms with Gasteiger partial charge in [0.15, 0.2) is 5.78 Å². The maximum Gasteiger partial charge on any atom is 0.153 e. The van der Waals surface area contributed by atoms with Crippen molar-refractivity contribution in [3.8, 4) is 5.75 Å². The number of fused-ring (bicyclic) bond motifs is 1. The molecule has 0 radical (unpaired) electrons. The fourth-order valence-electron chi connectivity index (χ4n) is 3.54. The van der Waals surface area contributed by atoms with Crippen LogP contribution in [0.25, 0.3) is 0 Å². The van der Waals surface area contributed by atoms with Gasteiger partial charge in [0.05, 0.1) is 12.6 Å². The van der Waals surface area contributed by atoms with Crippen LogP contribution < -0.4 is 15.4 Å². The lowest BCUT2D eigenvalue weighted by Gasteiger charge is -2.25. The van der Waals surface area contributed by atoms with Crippen LogP contribution in [0.1, 0.15) is 44.1 Å². The lowest BCUT2D eigenvalue weighted by Crippen LogP contribution is -2.36. The molecule has 0 spiro atoms. The summed E-state index contributed by atoms with van der Waals surface area (Å²) in [5.41, 5.74) is 8.36. The molecule has 5 heteroatoms. The summed E-state index contributed by atoms with van der Waals surface area (Å²) < 4.78 is 11.5. The smallest absolute Gasteiger partial charge is 0.153 e. The van der Waals surface area contributed by atoms with Crippen LogP contribution in [0.2, 0.25) is 0 Å². The number of hydrogen-bond donors (Lipinski definition) is 1. The Balaban J connectivity index is 1.89. The Hall–Kier alpha value is -1.59. The van der Waals surface area contributed by atoms with Gasteiger partial charge in [-0.2, -0.15) is 0 Å². The summed E-state index contributed by atoms with van der Waals surface area (Å²) >= 11 is 0. The standard InChI is InChI=1S/C19H28N2O3/c1-2-14-4-6-18(22)17(20)13-24-19-7-5-15(12-16(14)19)21-8-3-10-23-11-9-21/h5,7,12,14,17H,2-4,6,8-11,13,20H2,1H3/t14?,17-/m0/s1. The summed E-state index contributed by atoms with van der Waals surface area (Å²) in [4.78, 5) is 14.4. The van der Waals surface area contributed by atoms with Crippen molar-refractivity contribution in [3.63, 3.8) is 0 Å². The molecule has 1 fully saturated rings. The number of ketones is 1. The monoisotopic (exact) mass is 332 g/mol. The number of ether oxygens (including phenoxy) is 2. The number of Topliss-reactive ketones (excluding diaryl/α,β-unsaturated/α-hetero) is 1. The Kier molecular flexibility index (Phi) is 5.74. The highest BCUT2D eigenvalue weighted by atomic mass is 16.5. The van der Waals surface area contributed by atoms with Crippen molar-refractivity contribution in [1.82, 2.24) is 0 Å². The molecule has 1 aromatic carbocycles. The molecule has 5 nitrogen and oxygen atoms in total. The van der Waals surface area contributed by atoms with E-state index in [1.807, 2.05) is 6.07 Å². The summed E-state index contributed by atoms with van der Waals surface area (Å²) in [6.45, 7) is 5.97. The molecule has 0 aliphatic carbocycles. The summed E-state index contributed by atoms with van der Waals surface area (Å²) in [5, 5.41) is 0. The lowest BCUT2D eigenvalue weighted by atomic mass is 9.89. The maximum atomic E-state index is 12.1. The first-order valence-electron chi connectivity index (χ1n) is 9.06. The van der Waals surface area contributed by atoms with E-state index in [1.54, 1.807) is 0 Å². The lowest BCUT2D eigenvalue weighted by molar-refractivity contribution is -0.121. The van der Waals surface area contributed by atoms with E-state index < -0.39 is 6.04 Å². The second kappa shape index (κ2) is 7.99. The zero-order chi connectivity index (χ0) is 16.9. The van der Waals surface area contributed by atoms with Gasteiger partial charge in [-0.05, 0) is 48.9 Å². The van der Waals surface area contributed by atoms with Gasteiger partial charge in [-0.15, -0.1) is 0 Å². The first-order valence-corrected chi connectivity index (χ1v) is 9.06. The Morgan fingerprint density at radius 3 is 3.00 bits per heavy atom. The molecule has 132 valence electrons. The van der Waals surface area contributed by atoms with Crippen LogP contribution in [-0.2, 0) is 9.53 Å². The van der Waals surface area contributed by atoms with Gasteiger partial charge >= 0.3 is 0 Å². The van der Waals surface area contributed by atoms with Crippen LogP contribution in [0.4, 0.5) is 5.69 Å². The van der Waals surface area contributed by atoms with Crippen LogP contribution in [0.15, 0.2) is 18.2 Å². The first-order chi connectivity index (χ1) is 11.7. The predicted molar refractivity (Wildman–Crippen MR) is 94.8 cm³/mol. The minimum atomic E-state index is -0.518. The molecule has 0 aromatic heterocycles. The molecule has 3 rings (SSSR count). The van der Waals surface area contributed by atoms with E-state index >= 15 is 0 Å². The number of benzene rings is 1. The van der Waals surface area contributed by atoms with Crippen molar-refractivity contribution >= 4 is 11.5 Å². The van der Waals surface area contributed by atoms with Gasteiger partial charge in [-0.25, -0.2) is 0 Å². The van der Waals surface area contributed by atoms with E-state index in [0.29, 0.717) is 12.3 Å². The van der Waals surface area contributed by atoms with Crippen LogP contribution in [-0.4, -0.2) is 44.7 Å². The number of carbonyl (C=O) groups is 1. The molecular formula is C19H28N2O3. The topological polar surface area (TPSA) is 64.8 Å². The van der Waals surface area contributed by atoms with Gasteiger partial charge in [-0.1, -0.05) is 6.92 Å². The second-order valence-electron chi connectivity index (χ2n) is 6.70. The van der Waals surface area contributed by atoms with Gasteiger partial charge < -0.3 is 20.1 Å². The van der Waals surface area contributed by atoms with Crippen molar-refractivity contribution in [3.05, 3.63) is 23.8 Å². The minimum absolute atomic E-state index is 0.103. The van der Waals surface area contributed by atoms with Crippen molar-refractivity contribution in [2.75, 3.05) is 37.8 Å². The van der Waals surface area contributed by atoms with Crippen LogP contribution >= 0.6 is 0 Å². The summed E-state index contributed by atoms with van der Waals surface area (Å²) in [7, 11) is 0. The van der Waals surface area contributed by atoms with Crippen molar-refractivity contribution in [2.45, 2.75) is 44.6 Å². The van der Waals surface area contributed by atoms with Crippen molar-refractivity contribution in [1.29, 1.82) is 0 Å². The first kappa shape index (κ1) is 17.2. The Morgan fingerprint density at radius 2 is 2.17 bits per heavy atom. The summed E-state index contributed by atoms with van der Waals surface area (Å²) in [5.74, 6) is 1.31. The van der Waals surface area contributed by atoms with Crippen LogP contribution in [0, 0.1) is 0 Å². The second-order valence-corrected chi connectivity index (χ2v) is 6.70. The average Bonchev–Trinajstić information content (AvgIpc) is 2.87. The Labute approximate surface area is 144 Å². The van der Waals surface area contributed by atoms with E-state index in [1.165, 1.54) is 11.3 Å². The molecule has 2 atom stereocenters. The van der Waals surface area contributed by atoms with Crippen molar-refractivity contribution < 1.29 is 14.3 Å². The van der Waals surface area contributed by atoms with Gasteiger partial charge in [0.1, 0.15) is 12.4 Å². The van der Waals surface area contributed by atoms with Crippen molar-refractivity contribution in [2.24, 2.45) is 5.73 Å². The SMILES string of the molecule is CCC1CCC(=O)[C@@H](N)COc2ccc(N3CCCOCC3)cc21. The quantitative estimate of drug-likeness (QED) is 0.901. The highest BCUT2D eigenvalue weighted by Crippen LogP contribution is 2.36. The maximum absolute atomic E-state index is 12.1. The van der Waals surface area contributed by atoms with E-state index in [0.717, 1.165) is 51.3 Å². The van der Waals surface area contributed by atoms with Gasteiger partial charge in [-0.3, -0.25) is 4.79 Å². The Bertz CT molecular complexity index is 568. The number of nitrogens with two attached hydrogens (primary N) is 1. The van der Waals surface area contributed by atoms with Gasteiger partial charge in [0, 0.05) is 31.8 Å². The fraction of sp³-hybridized carbons (Fsp3) is 0.632. The zero-order valence-corrected chi connectivity index (χ0v) is 14.5. The molecule has 2 N–H and O–H groups in total. The molecule has 2 heterocycles. The van der Waals surface area contributed by atoms with Gasteiger partial charge in [0.2, 0.25) is 0 Å². The number of rotatable bonds is 2. The molecular weight excluding hydrogens is 304 g/mol. The van der Waals surface area contributed by atoms with E-state index in [9.17, 15) is 4.79 Å². The molecule has 2 aliphatic rings. The third kappa shape index (κ3) is 3.90. The third-order valence-electron chi connectivity index (χ3n) is 5.08. The number of carbonyl (C=O) groups excluding carboxylic acids is 1. The molecule has 0 bridgehead atoms. The van der Waals surface area contributed by atoms with E-state index in [4.69, 9.17) is 15.2 Å². The van der Waals surface area contributed by atoms with Crippen LogP contribution in [0.5, 0.6) is 5.75 Å². The molecule has 1 unspecified atom stereocenters. The highest BCUT2D eigenvalue weighted by molar-refractivity contribution is 5.84. The molecule has 0 amide bonds. The molecule has 2 aliphatic heterocycles. The van der Waals surface area contributed by atoms with E-state index in [-0.39, 0.29) is 12.4 Å². The largest absolute Gasteiger partial charge is 0.491 e. The highest BCUT2D eigenvalue weighted by Gasteiger charge is 2.24. The Morgan fingerprint density at radius 1 is 1.29 bits per heavy atom. The third-order valence-corrected chi connectivity index (χ3v) is 5.08. The van der Waals surface area contributed by atoms with Gasteiger partial charge in [0.25, 0.3) is 0 Å². The number of hydrogen-bond acceptors (Lipinski definition) is 5. The summed E-state index contributed by atoms with van der Waals surface area (Å²) in [6, 6.07) is 5.88. The number of anilines is 1. The molecule has 1 aromatic rings. The normalized spacial score (nSPS) is 25.8. The molecule has 1 saturated heterocycles. The summed E-state index contributed by atoms with van der Waals surface area (Å²) in [6.07, 6.45) is 3.41. The molecule has 24 heavy (non-hydrogen) atoms. The van der Waals surface area contributed by atoms with E-state index in [2.05, 4.69) is 24.0 Å². The number of nitrogens with zero attached hydrogens (tertiary/aromatic N) is 1. The van der Waals surface area contributed by atoms with Crippen LogP contribution in [0.3, 0.4) is 0 Å². The minimum Gasteiger partial charge on any atom is -0.491 e. The molecule has 0 saturated carbocycles. The fourth-order valence-corrected chi connectivity index (χ4v) is 3.54. The zero-order valence-electron chi connectivity index (χ0n) is 14.5. The average molecular weight is 332 g/mol.